The van der Waals surface area contributed by atoms with Crippen LogP contribution >= 0.6 is 0 Å². The van der Waals surface area contributed by atoms with Gasteiger partial charge in [-0.2, -0.15) is 5.26 Å². The second-order valence-electron chi connectivity index (χ2n) is 13.1. The van der Waals surface area contributed by atoms with E-state index in [1.54, 1.807) is 23.1 Å². The summed E-state index contributed by atoms with van der Waals surface area (Å²) in [6.07, 6.45) is -0.370. The number of anilines is 2. The highest BCUT2D eigenvalue weighted by atomic mass is 19.3. The Labute approximate surface area is 263 Å². The van der Waals surface area contributed by atoms with Crippen LogP contribution in [-0.4, -0.2) is 55.1 Å². The number of carbonyl (C=O) groups is 2. The topological polar surface area (TPSA) is 114 Å². The molecule has 0 aliphatic carbocycles. The van der Waals surface area contributed by atoms with Crippen LogP contribution in [0.4, 0.5) is 25.2 Å². The summed E-state index contributed by atoms with van der Waals surface area (Å²) >= 11 is 0. The highest BCUT2D eigenvalue weighted by molar-refractivity contribution is 5.97. The highest BCUT2D eigenvalue weighted by Gasteiger charge is 2.33. The number of likely N-dealkylation sites (tertiary alicyclic amines) is 1. The maximum atomic E-state index is 13.4. The van der Waals surface area contributed by atoms with Gasteiger partial charge in [-0.15, -0.1) is 0 Å². The van der Waals surface area contributed by atoms with Crippen LogP contribution in [0.2, 0.25) is 0 Å². The second kappa shape index (κ2) is 13.7. The molecule has 240 valence electrons. The van der Waals surface area contributed by atoms with Gasteiger partial charge in [0.1, 0.15) is 11.6 Å². The number of benzene rings is 2. The van der Waals surface area contributed by atoms with Gasteiger partial charge in [0.15, 0.2) is 0 Å². The van der Waals surface area contributed by atoms with E-state index in [0.717, 1.165) is 23.9 Å². The lowest BCUT2D eigenvalue weighted by Crippen LogP contribution is -2.44. The molecule has 3 aromatic rings. The Kier molecular flexibility index (Phi) is 10.2. The van der Waals surface area contributed by atoms with Gasteiger partial charge in [-0.25, -0.2) is 18.6 Å². The van der Waals surface area contributed by atoms with Crippen LogP contribution in [0.1, 0.15) is 71.9 Å². The van der Waals surface area contributed by atoms with E-state index in [4.69, 9.17) is 4.98 Å². The molecule has 2 aromatic carbocycles. The Morgan fingerprint density at radius 2 is 1.87 bits per heavy atom. The number of aromatic nitrogens is 2. The van der Waals surface area contributed by atoms with Gasteiger partial charge in [-0.3, -0.25) is 4.79 Å². The largest absolute Gasteiger partial charge is 0.465 e. The molecule has 9 nitrogen and oxygen atoms in total. The van der Waals surface area contributed by atoms with Crippen molar-refractivity contribution in [3.05, 3.63) is 65.2 Å². The molecule has 1 saturated heterocycles. The number of carbonyl (C=O) groups excluding carboxylic acids is 1. The zero-order valence-electron chi connectivity index (χ0n) is 26.7. The molecular weight excluding hydrogens is 578 g/mol. The molecule has 4 rings (SSSR count). The normalized spacial score (nSPS) is 16.3. The van der Waals surface area contributed by atoms with E-state index in [9.17, 15) is 28.7 Å². The number of rotatable bonds is 10. The first-order chi connectivity index (χ1) is 21.2. The van der Waals surface area contributed by atoms with Crippen molar-refractivity contribution in [2.24, 2.45) is 11.3 Å². The number of nitrogens with zero attached hydrogens (tertiary/aromatic N) is 5. The summed E-state index contributed by atoms with van der Waals surface area (Å²) in [5.74, 6) is 0.217. The fraction of sp³-hybridized carbons (Fsp3) is 0.471. The van der Waals surface area contributed by atoms with Gasteiger partial charge >= 0.3 is 6.09 Å². The summed E-state index contributed by atoms with van der Waals surface area (Å²) in [4.78, 5) is 33.6. The lowest BCUT2D eigenvalue weighted by Gasteiger charge is -2.36. The molecule has 45 heavy (non-hydrogen) atoms. The van der Waals surface area contributed by atoms with E-state index in [1.807, 2.05) is 64.3 Å². The van der Waals surface area contributed by atoms with Crippen LogP contribution in [0.3, 0.4) is 0 Å². The van der Waals surface area contributed by atoms with Gasteiger partial charge in [0.2, 0.25) is 5.95 Å². The molecule has 1 aliphatic rings. The number of fused-ring (bicyclic) bond motifs is 1. The lowest BCUT2D eigenvalue weighted by molar-refractivity contribution is -0.127. The molecule has 1 unspecified atom stereocenters. The Hall–Kier alpha value is -4.46. The summed E-state index contributed by atoms with van der Waals surface area (Å²) in [6.45, 7) is 12.8. The third-order valence-corrected chi connectivity index (χ3v) is 8.43. The number of amides is 2. The Bertz CT molecular complexity index is 1600. The van der Waals surface area contributed by atoms with E-state index in [-0.39, 0.29) is 47.0 Å². The third-order valence-electron chi connectivity index (χ3n) is 8.43. The number of halogens is 2. The van der Waals surface area contributed by atoms with Crippen molar-refractivity contribution in [2.75, 3.05) is 11.9 Å². The van der Waals surface area contributed by atoms with E-state index < -0.39 is 12.5 Å². The molecule has 11 heteroatoms. The van der Waals surface area contributed by atoms with Gasteiger partial charge < -0.3 is 24.8 Å². The molecule has 0 saturated carbocycles. The summed E-state index contributed by atoms with van der Waals surface area (Å²) in [5.41, 5.74) is 2.51. The standard InChI is InChI=1S/C34H42F2N6O3/c1-21(2)16-25(18-37)31(43)40-15-7-8-27(40)20-42-29-14-9-23(19-41(33(44)45)22(3)34(4,5)6)17-28(29)39-32(42)38-26-12-10-24(11-13-26)30(35)36/h9-14,16-17,21-22,27,30H,7-8,15,19-20H2,1-6H3,(H,38,39)(H,44,45)/t22-,27?/m0/s1. The van der Waals surface area contributed by atoms with Crippen molar-refractivity contribution in [3.63, 3.8) is 0 Å². The Balaban J connectivity index is 1.72. The highest BCUT2D eigenvalue weighted by Crippen LogP contribution is 2.31. The van der Waals surface area contributed by atoms with Crippen LogP contribution in [0.25, 0.3) is 11.0 Å². The maximum Gasteiger partial charge on any atom is 0.407 e. The molecular formula is C34H42F2N6O3. The van der Waals surface area contributed by atoms with E-state index in [0.29, 0.717) is 30.2 Å². The summed E-state index contributed by atoms with van der Waals surface area (Å²) in [5, 5.41) is 22.9. The van der Waals surface area contributed by atoms with Crippen LogP contribution in [0.5, 0.6) is 0 Å². The zero-order chi connectivity index (χ0) is 33.1. The zero-order valence-corrected chi connectivity index (χ0v) is 26.7. The summed E-state index contributed by atoms with van der Waals surface area (Å²) in [6, 6.07) is 13.1. The second-order valence-corrected chi connectivity index (χ2v) is 13.1. The molecule has 2 heterocycles. The maximum absolute atomic E-state index is 13.4. The molecule has 0 spiro atoms. The number of hydrogen-bond acceptors (Lipinski definition) is 5. The van der Waals surface area contributed by atoms with Gasteiger partial charge in [-0.1, -0.05) is 58.9 Å². The predicted molar refractivity (Wildman–Crippen MR) is 170 cm³/mol. The minimum Gasteiger partial charge on any atom is -0.465 e. The average Bonchev–Trinajstić information content (AvgIpc) is 3.57. The quantitative estimate of drug-likeness (QED) is 0.177. The first-order valence-corrected chi connectivity index (χ1v) is 15.3. The van der Waals surface area contributed by atoms with Gasteiger partial charge in [0, 0.05) is 36.9 Å². The average molecular weight is 621 g/mol. The van der Waals surface area contributed by atoms with Crippen molar-refractivity contribution in [2.45, 2.75) is 86.0 Å². The number of nitriles is 1. The molecule has 2 atom stereocenters. The molecule has 1 aliphatic heterocycles. The van der Waals surface area contributed by atoms with E-state index >= 15 is 0 Å². The van der Waals surface area contributed by atoms with Crippen molar-refractivity contribution in [1.29, 1.82) is 5.26 Å². The minimum atomic E-state index is -2.58. The summed E-state index contributed by atoms with van der Waals surface area (Å²) < 4.78 is 28.3. The third kappa shape index (κ3) is 7.80. The number of carboxylic acid groups (broad SMARTS) is 1. The smallest absolute Gasteiger partial charge is 0.407 e. The Morgan fingerprint density at radius 3 is 2.44 bits per heavy atom. The van der Waals surface area contributed by atoms with Crippen molar-refractivity contribution in [1.82, 2.24) is 19.4 Å². The molecule has 2 N–H and O–H groups in total. The monoisotopic (exact) mass is 620 g/mol. The minimum absolute atomic E-state index is 0.0483. The van der Waals surface area contributed by atoms with Gasteiger partial charge in [0.05, 0.1) is 17.1 Å². The predicted octanol–water partition coefficient (Wildman–Crippen LogP) is 7.73. The van der Waals surface area contributed by atoms with Crippen LogP contribution in [0, 0.1) is 22.7 Å². The molecule has 0 bridgehead atoms. The van der Waals surface area contributed by atoms with Crippen LogP contribution in [0.15, 0.2) is 54.1 Å². The fourth-order valence-corrected chi connectivity index (χ4v) is 5.58. The van der Waals surface area contributed by atoms with E-state index in [1.165, 1.54) is 17.0 Å². The lowest BCUT2D eigenvalue weighted by atomic mass is 9.87. The van der Waals surface area contributed by atoms with Crippen molar-refractivity contribution < 1.29 is 23.5 Å². The first-order valence-electron chi connectivity index (χ1n) is 15.3. The number of alkyl halides is 2. The van der Waals surface area contributed by atoms with Crippen molar-refractivity contribution >= 4 is 34.7 Å². The van der Waals surface area contributed by atoms with Crippen molar-refractivity contribution in [3.8, 4) is 6.07 Å². The number of nitrogens with one attached hydrogen (secondary N) is 1. The molecule has 2 amide bonds. The molecule has 0 radical (unpaired) electrons. The fourth-order valence-electron chi connectivity index (χ4n) is 5.58. The van der Waals surface area contributed by atoms with E-state index in [2.05, 4.69) is 11.4 Å². The first kappa shape index (κ1) is 33.4. The van der Waals surface area contributed by atoms with Gasteiger partial charge in [-0.05, 0) is 60.9 Å². The van der Waals surface area contributed by atoms with Gasteiger partial charge in [0.25, 0.3) is 12.3 Å². The molecule has 1 aromatic heterocycles. The molecule has 1 fully saturated rings. The number of hydrogen-bond donors (Lipinski definition) is 2. The Morgan fingerprint density at radius 1 is 1.18 bits per heavy atom. The van der Waals surface area contributed by atoms with Crippen LogP contribution in [-0.2, 0) is 17.9 Å². The number of allylic oxidation sites excluding steroid dienone is 1. The summed E-state index contributed by atoms with van der Waals surface area (Å²) in [7, 11) is 0. The number of imidazole rings is 1. The SMILES string of the molecule is CC(C)C=C(C#N)C(=O)N1CCCC1Cn1c(Nc2ccc(C(F)F)cc2)nc2cc(CN(C(=O)O)[C@@H](C)C(C)(C)C)ccc21. The van der Waals surface area contributed by atoms with Crippen LogP contribution < -0.4 is 5.32 Å².